The van der Waals surface area contributed by atoms with Crippen LogP contribution in [0.2, 0.25) is 0 Å². The van der Waals surface area contributed by atoms with Crippen molar-refractivity contribution in [2.45, 2.75) is 79.1 Å². The predicted octanol–water partition coefficient (Wildman–Crippen LogP) is 5.86. The average molecular weight is 306 g/mol. The molecule has 0 spiro atoms. The molecule has 2 heteroatoms. The van der Waals surface area contributed by atoms with Gasteiger partial charge < -0.3 is 9.47 Å². The molecule has 1 aromatic rings. The Morgan fingerprint density at radius 2 is 1.00 bits per heavy atom. The van der Waals surface area contributed by atoms with E-state index in [1.807, 2.05) is 0 Å². The van der Waals surface area contributed by atoms with Crippen molar-refractivity contribution in [1.82, 2.24) is 0 Å². The Morgan fingerprint density at radius 1 is 0.682 bits per heavy atom. The van der Waals surface area contributed by atoms with E-state index < -0.39 is 0 Å². The molecule has 0 aliphatic heterocycles. The van der Waals surface area contributed by atoms with Crippen LogP contribution in [0.5, 0.6) is 11.5 Å². The standard InChI is InChI=1S/C20H34O2/c1-9-11-21-17-13-16(20(6,7)8)18(22-12-10-2)14-15(17)19(3,4)5/h13-14H,9-12H2,1-8H3. The Bertz CT molecular complexity index is 430. The van der Waals surface area contributed by atoms with Crippen molar-refractivity contribution < 1.29 is 9.47 Å². The minimum atomic E-state index is 0.0316. The van der Waals surface area contributed by atoms with Crippen molar-refractivity contribution in [3.05, 3.63) is 23.3 Å². The van der Waals surface area contributed by atoms with Crippen molar-refractivity contribution in [2.75, 3.05) is 13.2 Å². The van der Waals surface area contributed by atoms with Gasteiger partial charge in [0, 0.05) is 11.1 Å². The maximum absolute atomic E-state index is 6.05. The highest BCUT2D eigenvalue weighted by Crippen LogP contribution is 2.41. The lowest BCUT2D eigenvalue weighted by molar-refractivity contribution is 0.294. The molecule has 0 fully saturated rings. The molecular formula is C20H34O2. The third kappa shape index (κ3) is 4.93. The zero-order chi connectivity index (χ0) is 17.0. The molecule has 0 saturated carbocycles. The fourth-order valence-corrected chi connectivity index (χ4v) is 2.40. The molecule has 0 aromatic heterocycles. The van der Waals surface area contributed by atoms with Crippen molar-refractivity contribution in [3.8, 4) is 11.5 Å². The quantitative estimate of drug-likeness (QED) is 0.655. The lowest BCUT2D eigenvalue weighted by Gasteiger charge is -2.29. The molecule has 0 atom stereocenters. The molecule has 0 unspecified atom stereocenters. The Kier molecular flexibility index (Phi) is 6.34. The van der Waals surface area contributed by atoms with Crippen LogP contribution in [0, 0.1) is 0 Å². The van der Waals surface area contributed by atoms with Gasteiger partial charge in [0.15, 0.2) is 0 Å². The lowest BCUT2D eigenvalue weighted by atomic mass is 9.81. The van der Waals surface area contributed by atoms with E-state index in [9.17, 15) is 0 Å². The average Bonchev–Trinajstić information content (AvgIpc) is 2.40. The van der Waals surface area contributed by atoms with Crippen LogP contribution < -0.4 is 9.47 Å². The molecule has 0 aliphatic carbocycles. The zero-order valence-corrected chi connectivity index (χ0v) is 15.8. The van der Waals surface area contributed by atoms with E-state index in [1.165, 1.54) is 11.1 Å². The summed E-state index contributed by atoms with van der Waals surface area (Å²) in [5, 5.41) is 0. The zero-order valence-electron chi connectivity index (χ0n) is 15.8. The molecule has 126 valence electrons. The maximum Gasteiger partial charge on any atom is 0.123 e. The van der Waals surface area contributed by atoms with Crippen molar-refractivity contribution >= 4 is 0 Å². The highest BCUT2D eigenvalue weighted by molar-refractivity contribution is 5.51. The summed E-state index contributed by atoms with van der Waals surface area (Å²) in [7, 11) is 0. The van der Waals surface area contributed by atoms with Gasteiger partial charge in [-0.1, -0.05) is 55.4 Å². The molecule has 0 aliphatic rings. The number of hydrogen-bond acceptors (Lipinski definition) is 2. The maximum atomic E-state index is 6.05. The van der Waals surface area contributed by atoms with Crippen LogP contribution in [0.25, 0.3) is 0 Å². The monoisotopic (exact) mass is 306 g/mol. The van der Waals surface area contributed by atoms with E-state index in [4.69, 9.17) is 9.47 Å². The SMILES string of the molecule is CCCOc1cc(C(C)(C)C)c(OCCC)cc1C(C)(C)C. The third-order valence-electron chi connectivity index (χ3n) is 3.62. The number of rotatable bonds is 6. The number of benzene rings is 1. The van der Waals surface area contributed by atoms with E-state index in [2.05, 4.69) is 67.5 Å². The minimum Gasteiger partial charge on any atom is -0.493 e. The van der Waals surface area contributed by atoms with Gasteiger partial charge in [-0.15, -0.1) is 0 Å². The summed E-state index contributed by atoms with van der Waals surface area (Å²) in [6.45, 7) is 19.1. The van der Waals surface area contributed by atoms with Crippen LogP contribution in [0.3, 0.4) is 0 Å². The predicted molar refractivity (Wildman–Crippen MR) is 95.4 cm³/mol. The summed E-state index contributed by atoms with van der Waals surface area (Å²) in [6.07, 6.45) is 2.03. The van der Waals surface area contributed by atoms with Gasteiger partial charge in [0.05, 0.1) is 13.2 Å². The van der Waals surface area contributed by atoms with E-state index in [1.54, 1.807) is 0 Å². The molecule has 0 amide bonds. The summed E-state index contributed by atoms with van der Waals surface area (Å²) < 4.78 is 12.1. The van der Waals surface area contributed by atoms with Gasteiger partial charge in [-0.2, -0.15) is 0 Å². The first-order valence-electron chi connectivity index (χ1n) is 8.55. The highest BCUT2D eigenvalue weighted by atomic mass is 16.5. The van der Waals surface area contributed by atoms with E-state index in [0.29, 0.717) is 0 Å². The molecule has 22 heavy (non-hydrogen) atoms. The second-order valence-electron chi connectivity index (χ2n) is 8.04. The molecule has 0 heterocycles. The largest absolute Gasteiger partial charge is 0.493 e. The summed E-state index contributed by atoms with van der Waals surface area (Å²) in [6, 6.07) is 4.39. The fraction of sp³-hybridized carbons (Fsp3) is 0.700. The van der Waals surface area contributed by atoms with Gasteiger partial charge in [0.25, 0.3) is 0 Å². The van der Waals surface area contributed by atoms with Crippen LogP contribution in [0.4, 0.5) is 0 Å². The Labute approximate surface area is 137 Å². The Hall–Kier alpha value is -1.18. The van der Waals surface area contributed by atoms with Crippen molar-refractivity contribution in [1.29, 1.82) is 0 Å². The Morgan fingerprint density at radius 3 is 1.23 bits per heavy atom. The first-order valence-corrected chi connectivity index (χ1v) is 8.55. The fourth-order valence-electron chi connectivity index (χ4n) is 2.40. The van der Waals surface area contributed by atoms with Crippen LogP contribution in [0.15, 0.2) is 12.1 Å². The molecule has 0 radical (unpaired) electrons. The van der Waals surface area contributed by atoms with Gasteiger partial charge in [-0.25, -0.2) is 0 Å². The second kappa shape index (κ2) is 7.39. The molecule has 1 rings (SSSR count). The van der Waals surface area contributed by atoms with E-state index in [-0.39, 0.29) is 10.8 Å². The molecule has 0 bridgehead atoms. The Balaban J connectivity index is 3.42. The second-order valence-corrected chi connectivity index (χ2v) is 8.04. The normalized spacial score (nSPS) is 12.4. The molecule has 1 aromatic carbocycles. The van der Waals surface area contributed by atoms with Crippen LogP contribution in [-0.2, 0) is 10.8 Å². The summed E-state index contributed by atoms with van der Waals surface area (Å²) in [4.78, 5) is 0. The third-order valence-corrected chi connectivity index (χ3v) is 3.62. The van der Waals surface area contributed by atoms with Crippen LogP contribution >= 0.6 is 0 Å². The first kappa shape index (κ1) is 18.9. The van der Waals surface area contributed by atoms with Crippen LogP contribution in [-0.4, -0.2) is 13.2 Å². The summed E-state index contributed by atoms with van der Waals surface area (Å²) in [5.41, 5.74) is 2.51. The number of ether oxygens (including phenoxy) is 2. The van der Waals surface area contributed by atoms with Crippen molar-refractivity contribution in [3.63, 3.8) is 0 Å². The van der Waals surface area contributed by atoms with E-state index >= 15 is 0 Å². The minimum absolute atomic E-state index is 0.0316. The van der Waals surface area contributed by atoms with Gasteiger partial charge in [-0.3, -0.25) is 0 Å². The summed E-state index contributed by atoms with van der Waals surface area (Å²) >= 11 is 0. The first-order chi connectivity index (χ1) is 10.1. The number of hydrogen-bond donors (Lipinski definition) is 0. The smallest absolute Gasteiger partial charge is 0.123 e. The lowest BCUT2D eigenvalue weighted by Crippen LogP contribution is -2.19. The van der Waals surface area contributed by atoms with Crippen molar-refractivity contribution in [2.24, 2.45) is 0 Å². The summed E-state index contributed by atoms with van der Waals surface area (Å²) in [5.74, 6) is 2.01. The van der Waals surface area contributed by atoms with Gasteiger partial charge in [-0.05, 0) is 35.8 Å². The molecule has 2 nitrogen and oxygen atoms in total. The van der Waals surface area contributed by atoms with Gasteiger partial charge in [0.1, 0.15) is 11.5 Å². The molecular weight excluding hydrogens is 272 g/mol. The molecule has 0 saturated heterocycles. The van der Waals surface area contributed by atoms with Gasteiger partial charge >= 0.3 is 0 Å². The molecule has 0 N–H and O–H groups in total. The topological polar surface area (TPSA) is 18.5 Å². The van der Waals surface area contributed by atoms with E-state index in [0.717, 1.165) is 37.6 Å². The van der Waals surface area contributed by atoms with Crippen LogP contribution in [0.1, 0.15) is 79.4 Å². The highest BCUT2D eigenvalue weighted by Gasteiger charge is 2.26. The van der Waals surface area contributed by atoms with Gasteiger partial charge in [0.2, 0.25) is 0 Å².